The first-order valence-electron chi connectivity index (χ1n) is 6.98. The molecule has 0 radical (unpaired) electrons. The average molecular weight is 408 g/mol. The van der Waals surface area contributed by atoms with Gasteiger partial charge in [0, 0.05) is 18.0 Å². The standard InChI is InChI=1S/C15H13Cl3N2O5/c16-15(17,18)7-25-14(24)19-11(13(22)23)5-9-6-20(8-21)12-4-2-1-3-10(9)12/h1-4,6,8,11H,5,7H2,(H,19,24)(H,22,23)/t11-/m0/s1. The van der Waals surface area contributed by atoms with E-state index in [-0.39, 0.29) is 6.42 Å². The Hall–Kier alpha value is -1.96. The second kappa shape index (κ2) is 7.95. The molecular weight excluding hydrogens is 395 g/mol. The van der Waals surface area contributed by atoms with Crippen molar-refractivity contribution < 1.29 is 24.2 Å². The predicted molar refractivity (Wildman–Crippen MR) is 94.0 cm³/mol. The van der Waals surface area contributed by atoms with Crippen LogP contribution in [0.5, 0.6) is 0 Å². The number of alkyl halides is 3. The van der Waals surface area contributed by atoms with E-state index in [4.69, 9.17) is 34.8 Å². The van der Waals surface area contributed by atoms with Crippen LogP contribution in [-0.2, 0) is 20.7 Å². The quantitative estimate of drug-likeness (QED) is 0.567. The molecule has 0 unspecified atom stereocenters. The minimum atomic E-state index is -1.80. The van der Waals surface area contributed by atoms with Gasteiger partial charge >= 0.3 is 12.1 Å². The Kier molecular flexibility index (Phi) is 6.16. The van der Waals surface area contributed by atoms with Crippen molar-refractivity contribution in [2.24, 2.45) is 0 Å². The number of halogens is 3. The Morgan fingerprint density at radius 3 is 2.60 bits per heavy atom. The summed E-state index contributed by atoms with van der Waals surface area (Å²) in [4.78, 5) is 34.2. The summed E-state index contributed by atoms with van der Waals surface area (Å²) in [5, 5.41) is 12.2. The zero-order chi connectivity index (χ0) is 18.6. The molecule has 0 saturated carbocycles. The normalized spacial score (nSPS) is 12.6. The van der Waals surface area contributed by atoms with Gasteiger partial charge < -0.3 is 15.2 Å². The summed E-state index contributed by atoms with van der Waals surface area (Å²) in [6, 6.07) is 5.72. The highest BCUT2D eigenvalue weighted by molar-refractivity contribution is 6.67. The Bertz CT molecular complexity index is 800. The molecule has 134 valence electrons. The van der Waals surface area contributed by atoms with Gasteiger partial charge in [-0.25, -0.2) is 9.59 Å². The molecule has 7 nitrogen and oxygen atoms in total. The number of amides is 1. The smallest absolute Gasteiger partial charge is 0.408 e. The van der Waals surface area contributed by atoms with Gasteiger partial charge in [0.25, 0.3) is 0 Å². The molecule has 0 fully saturated rings. The number of carbonyl (C=O) groups is 3. The topological polar surface area (TPSA) is 97.6 Å². The van der Waals surface area contributed by atoms with Crippen LogP contribution in [0.3, 0.4) is 0 Å². The Labute approximate surface area is 157 Å². The molecule has 10 heteroatoms. The van der Waals surface area contributed by atoms with Crippen LogP contribution in [0.2, 0.25) is 0 Å². The fourth-order valence-electron chi connectivity index (χ4n) is 2.28. The van der Waals surface area contributed by atoms with Crippen LogP contribution in [0, 0.1) is 0 Å². The molecule has 0 bridgehead atoms. The van der Waals surface area contributed by atoms with Gasteiger partial charge in [0.15, 0.2) is 0 Å². The zero-order valence-corrected chi connectivity index (χ0v) is 14.9. The fourth-order valence-corrected chi connectivity index (χ4v) is 2.44. The van der Waals surface area contributed by atoms with Crippen LogP contribution in [-0.4, -0.2) is 44.6 Å². The van der Waals surface area contributed by atoms with Gasteiger partial charge in [-0.3, -0.25) is 9.36 Å². The number of hydrogen-bond acceptors (Lipinski definition) is 4. The number of carboxylic acid groups (broad SMARTS) is 1. The maximum atomic E-state index is 11.7. The predicted octanol–water partition coefficient (Wildman–Crippen LogP) is 2.77. The first-order valence-corrected chi connectivity index (χ1v) is 8.11. The van der Waals surface area contributed by atoms with Gasteiger partial charge in [-0.1, -0.05) is 53.0 Å². The Balaban J connectivity index is 2.16. The van der Waals surface area contributed by atoms with Gasteiger partial charge in [-0.05, 0) is 11.6 Å². The number of para-hydroxylation sites is 1. The lowest BCUT2D eigenvalue weighted by atomic mass is 10.1. The lowest BCUT2D eigenvalue weighted by Gasteiger charge is -2.16. The molecular formula is C15H13Cl3N2O5. The number of aromatic nitrogens is 1. The van der Waals surface area contributed by atoms with Crippen molar-refractivity contribution >= 4 is 64.2 Å². The number of carboxylic acids is 1. The number of hydrogen-bond donors (Lipinski definition) is 2. The molecule has 25 heavy (non-hydrogen) atoms. The molecule has 2 N–H and O–H groups in total. The second-order valence-electron chi connectivity index (χ2n) is 5.11. The van der Waals surface area contributed by atoms with Crippen molar-refractivity contribution in [3.8, 4) is 0 Å². The maximum absolute atomic E-state index is 11.7. The summed E-state index contributed by atoms with van der Waals surface area (Å²) in [5.41, 5.74) is 1.21. The molecule has 2 aromatic rings. The van der Waals surface area contributed by atoms with Crippen LogP contribution >= 0.6 is 34.8 Å². The van der Waals surface area contributed by atoms with Gasteiger partial charge in [-0.2, -0.15) is 0 Å². The number of nitrogens with zero attached hydrogens (tertiary/aromatic N) is 1. The lowest BCUT2D eigenvalue weighted by Crippen LogP contribution is -2.43. The van der Waals surface area contributed by atoms with Crippen molar-refractivity contribution in [3.05, 3.63) is 36.0 Å². The van der Waals surface area contributed by atoms with Gasteiger partial charge in [0.1, 0.15) is 12.6 Å². The van der Waals surface area contributed by atoms with Crippen molar-refractivity contribution in [1.82, 2.24) is 9.88 Å². The summed E-state index contributed by atoms with van der Waals surface area (Å²) in [6.45, 7) is -0.527. The van der Waals surface area contributed by atoms with Crippen molar-refractivity contribution in [2.45, 2.75) is 16.3 Å². The molecule has 0 saturated heterocycles. The second-order valence-corrected chi connectivity index (χ2v) is 7.63. The largest absolute Gasteiger partial charge is 0.480 e. The number of rotatable bonds is 6. The van der Waals surface area contributed by atoms with Crippen molar-refractivity contribution in [3.63, 3.8) is 0 Å². The minimum absolute atomic E-state index is 0.0560. The summed E-state index contributed by atoms with van der Waals surface area (Å²) < 4.78 is 4.21. The summed E-state index contributed by atoms with van der Waals surface area (Å²) >= 11 is 16.4. The van der Waals surface area contributed by atoms with E-state index in [9.17, 15) is 19.5 Å². The minimum Gasteiger partial charge on any atom is -0.480 e. The number of benzene rings is 1. The van der Waals surface area contributed by atoms with Crippen molar-refractivity contribution in [2.75, 3.05) is 6.61 Å². The van der Waals surface area contributed by atoms with E-state index in [1.54, 1.807) is 24.3 Å². The highest BCUT2D eigenvalue weighted by Gasteiger charge is 2.26. The van der Waals surface area contributed by atoms with Crippen LogP contribution in [0.1, 0.15) is 5.56 Å². The molecule has 1 heterocycles. The van der Waals surface area contributed by atoms with E-state index >= 15 is 0 Å². The monoisotopic (exact) mass is 406 g/mol. The van der Waals surface area contributed by atoms with E-state index in [1.165, 1.54) is 10.8 Å². The van der Waals surface area contributed by atoms with Crippen LogP contribution < -0.4 is 5.32 Å². The molecule has 1 aromatic heterocycles. The van der Waals surface area contributed by atoms with E-state index in [1.807, 2.05) is 0 Å². The highest BCUT2D eigenvalue weighted by Crippen LogP contribution is 2.26. The summed E-state index contributed by atoms with van der Waals surface area (Å²) in [7, 11) is 0. The van der Waals surface area contributed by atoms with E-state index in [0.29, 0.717) is 22.9 Å². The Morgan fingerprint density at radius 1 is 1.32 bits per heavy atom. The third-order valence-corrected chi connectivity index (χ3v) is 3.65. The molecule has 0 aliphatic heterocycles. The first kappa shape index (κ1) is 19.4. The Morgan fingerprint density at radius 2 is 2.00 bits per heavy atom. The van der Waals surface area contributed by atoms with Gasteiger partial charge in [0.2, 0.25) is 10.2 Å². The third kappa shape index (κ3) is 5.26. The van der Waals surface area contributed by atoms with Crippen LogP contribution in [0.25, 0.3) is 10.9 Å². The molecule has 1 aromatic carbocycles. The summed E-state index contributed by atoms with van der Waals surface area (Å²) in [6.07, 6.45) is 1.05. The molecule has 1 amide bonds. The lowest BCUT2D eigenvalue weighted by molar-refractivity contribution is -0.139. The van der Waals surface area contributed by atoms with Crippen molar-refractivity contribution in [1.29, 1.82) is 0 Å². The SMILES string of the molecule is O=Cn1cc(C[C@H](NC(=O)OCC(Cl)(Cl)Cl)C(=O)O)c2ccccc21. The number of aliphatic carboxylic acids is 1. The number of alkyl carbamates (subject to hydrolysis) is 1. The number of ether oxygens (including phenoxy) is 1. The number of fused-ring (bicyclic) bond motifs is 1. The first-order chi connectivity index (χ1) is 11.7. The van der Waals surface area contributed by atoms with E-state index < -0.39 is 28.5 Å². The zero-order valence-electron chi connectivity index (χ0n) is 12.6. The third-order valence-electron chi connectivity index (χ3n) is 3.32. The molecule has 0 aliphatic rings. The van der Waals surface area contributed by atoms with Crippen LogP contribution in [0.15, 0.2) is 30.5 Å². The van der Waals surface area contributed by atoms with Gasteiger partial charge in [-0.15, -0.1) is 0 Å². The fraction of sp³-hybridized carbons (Fsp3) is 0.267. The van der Waals surface area contributed by atoms with E-state index in [0.717, 1.165) is 0 Å². The summed E-state index contributed by atoms with van der Waals surface area (Å²) in [5.74, 6) is -1.27. The highest BCUT2D eigenvalue weighted by atomic mass is 35.6. The number of carbonyl (C=O) groups excluding carboxylic acids is 2. The molecule has 0 spiro atoms. The van der Waals surface area contributed by atoms with Crippen LogP contribution in [0.4, 0.5) is 4.79 Å². The average Bonchev–Trinajstić information content (AvgIpc) is 2.90. The van der Waals surface area contributed by atoms with Gasteiger partial charge in [0.05, 0.1) is 5.52 Å². The van der Waals surface area contributed by atoms with E-state index in [2.05, 4.69) is 10.1 Å². The maximum Gasteiger partial charge on any atom is 0.408 e. The molecule has 0 aliphatic carbocycles. The molecule has 2 rings (SSSR count). The molecule has 1 atom stereocenters. The number of nitrogens with one attached hydrogen (secondary N) is 1.